The number of amidine groups is 1. The van der Waals surface area contributed by atoms with Crippen molar-refractivity contribution in [2.24, 2.45) is 10.3 Å². The van der Waals surface area contributed by atoms with Crippen LogP contribution in [0.3, 0.4) is 0 Å². The number of hydrogen-bond donors (Lipinski definition) is 2. The zero-order valence-electron chi connectivity index (χ0n) is 13.2. The normalized spacial score (nSPS) is 19.8. The second kappa shape index (κ2) is 7.38. The zero-order valence-corrected chi connectivity index (χ0v) is 16.2. The van der Waals surface area contributed by atoms with E-state index in [4.69, 9.17) is 0 Å². The number of nitrogens with zero attached hydrogens (tertiary/aromatic N) is 1. The van der Waals surface area contributed by atoms with Crippen molar-refractivity contribution in [3.05, 3.63) is 21.8 Å². The third kappa shape index (κ3) is 4.08. The fourth-order valence-electron chi connectivity index (χ4n) is 3.18. The molecule has 2 N–H and O–H groups in total. The number of benzene rings is 1. The summed E-state index contributed by atoms with van der Waals surface area (Å²) in [7, 11) is -3.84. The van der Waals surface area contributed by atoms with Gasteiger partial charge in [0.25, 0.3) is 15.9 Å². The van der Waals surface area contributed by atoms with Crippen molar-refractivity contribution in [2.75, 3.05) is 11.9 Å². The Bertz CT molecular complexity index is 771. The number of carbonyl (C=O) groups excluding carboxylic acids is 1. The highest BCUT2D eigenvalue weighted by molar-refractivity contribution is 14.1. The first-order valence-corrected chi connectivity index (χ1v) is 10.7. The molecular weight excluding hydrogens is 441 g/mol. The van der Waals surface area contributed by atoms with Crippen LogP contribution in [0.5, 0.6) is 0 Å². The van der Waals surface area contributed by atoms with E-state index in [2.05, 4.69) is 15.0 Å². The summed E-state index contributed by atoms with van der Waals surface area (Å²) in [5.41, 5.74) is 0.392. The van der Waals surface area contributed by atoms with E-state index in [0.717, 1.165) is 9.99 Å². The molecule has 0 atom stereocenters. The predicted octanol–water partition coefficient (Wildman–Crippen LogP) is 2.89. The van der Waals surface area contributed by atoms with Crippen LogP contribution < -0.4 is 10.6 Å². The Morgan fingerprint density at radius 2 is 2.04 bits per heavy atom. The quantitative estimate of drug-likeness (QED) is 0.676. The van der Waals surface area contributed by atoms with Crippen LogP contribution >= 0.6 is 22.6 Å². The van der Waals surface area contributed by atoms with Crippen molar-refractivity contribution in [2.45, 2.75) is 43.4 Å². The fraction of sp³-hybridized carbons (Fsp3) is 0.500. The topological polar surface area (TPSA) is 87.6 Å². The van der Waals surface area contributed by atoms with Crippen LogP contribution in [0.15, 0.2) is 27.5 Å². The SMILES string of the molecule is O=C(NCCC1CCCCC1)C1=NS(=O)(=O)c2cc(I)ccc2N1. The Morgan fingerprint density at radius 3 is 2.79 bits per heavy atom. The van der Waals surface area contributed by atoms with E-state index in [1.165, 1.54) is 32.1 Å². The molecule has 0 aromatic heterocycles. The molecule has 0 spiro atoms. The van der Waals surface area contributed by atoms with E-state index in [-0.39, 0.29) is 10.7 Å². The van der Waals surface area contributed by atoms with Gasteiger partial charge in [-0.1, -0.05) is 32.1 Å². The largest absolute Gasteiger partial charge is 0.349 e. The molecule has 0 saturated heterocycles. The van der Waals surface area contributed by atoms with Crippen molar-refractivity contribution < 1.29 is 13.2 Å². The lowest BCUT2D eigenvalue weighted by molar-refractivity contribution is -0.114. The van der Waals surface area contributed by atoms with Crippen LogP contribution in [0.25, 0.3) is 0 Å². The number of sulfonamides is 1. The van der Waals surface area contributed by atoms with Crippen molar-refractivity contribution in [1.29, 1.82) is 0 Å². The highest BCUT2D eigenvalue weighted by atomic mass is 127. The highest BCUT2D eigenvalue weighted by Crippen LogP contribution is 2.29. The van der Waals surface area contributed by atoms with Gasteiger partial charge in [-0.05, 0) is 53.1 Å². The fourth-order valence-corrected chi connectivity index (χ4v) is 5.02. The van der Waals surface area contributed by atoms with Crippen molar-refractivity contribution in [1.82, 2.24) is 5.32 Å². The summed E-state index contributed by atoms with van der Waals surface area (Å²) in [6.07, 6.45) is 7.20. The summed E-state index contributed by atoms with van der Waals surface area (Å²) in [5.74, 6) is 0.0257. The molecule has 1 heterocycles. The van der Waals surface area contributed by atoms with E-state index in [0.29, 0.717) is 18.2 Å². The van der Waals surface area contributed by atoms with Gasteiger partial charge in [-0.15, -0.1) is 4.40 Å². The van der Waals surface area contributed by atoms with Crippen LogP contribution in [0.4, 0.5) is 5.69 Å². The third-order valence-electron chi connectivity index (χ3n) is 4.46. The average Bonchev–Trinajstić information content (AvgIpc) is 2.56. The van der Waals surface area contributed by atoms with Gasteiger partial charge in [0.2, 0.25) is 5.84 Å². The zero-order chi connectivity index (χ0) is 17.2. The van der Waals surface area contributed by atoms with Crippen LogP contribution in [0.2, 0.25) is 0 Å². The number of amides is 1. The van der Waals surface area contributed by atoms with Crippen molar-refractivity contribution in [3.8, 4) is 0 Å². The maximum absolute atomic E-state index is 12.3. The Balaban J connectivity index is 1.63. The van der Waals surface area contributed by atoms with E-state index >= 15 is 0 Å². The third-order valence-corrected chi connectivity index (χ3v) is 6.45. The molecule has 1 aliphatic carbocycles. The van der Waals surface area contributed by atoms with Gasteiger partial charge in [0.15, 0.2) is 0 Å². The monoisotopic (exact) mass is 461 g/mol. The first kappa shape index (κ1) is 17.7. The molecule has 0 radical (unpaired) electrons. The van der Waals surface area contributed by atoms with Crippen molar-refractivity contribution >= 4 is 50.0 Å². The number of nitrogens with one attached hydrogen (secondary N) is 2. The molecular formula is C16H20IN3O3S. The van der Waals surface area contributed by atoms with E-state index in [9.17, 15) is 13.2 Å². The van der Waals surface area contributed by atoms with Crippen LogP contribution in [0.1, 0.15) is 38.5 Å². The minimum atomic E-state index is -3.84. The Hall–Kier alpha value is -1.16. The lowest BCUT2D eigenvalue weighted by Gasteiger charge is -2.22. The summed E-state index contributed by atoms with van der Waals surface area (Å²) in [6.45, 7) is 0.545. The molecule has 1 aromatic rings. The Labute approximate surface area is 155 Å². The van der Waals surface area contributed by atoms with Gasteiger partial charge < -0.3 is 10.6 Å². The van der Waals surface area contributed by atoms with Gasteiger partial charge >= 0.3 is 0 Å². The lowest BCUT2D eigenvalue weighted by Crippen LogP contribution is -2.39. The van der Waals surface area contributed by atoms with E-state index in [1.54, 1.807) is 18.2 Å². The van der Waals surface area contributed by atoms with Gasteiger partial charge in [-0.25, -0.2) is 0 Å². The minimum absolute atomic E-state index is 0.105. The van der Waals surface area contributed by atoms with Gasteiger partial charge in [-0.3, -0.25) is 4.79 Å². The first-order valence-electron chi connectivity index (χ1n) is 8.15. The molecule has 8 heteroatoms. The number of fused-ring (bicyclic) bond motifs is 1. The van der Waals surface area contributed by atoms with E-state index in [1.807, 2.05) is 22.6 Å². The number of halogens is 1. The predicted molar refractivity (Wildman–Crippen MR) is 102 cm³/mol. The maximum Gasteiger partial charge on any atom is 0.287 e. The number of hydrogen-bond acceptors (Lipinski definition) is 4. The molecule has 1 fully saturated rings. The van der Waals surface area contributed by atoms with E-state index < -0.39 is 15.9 Å². The van der Waals surface area contributed by atoms with Gasteiger partial charge in [-0.2, -0.15) is 8.42 Å². The average molecular weight is 461 g/mol. The molecule has 1 saturated carbocycles. The van der Waals surface area contributed by atoms with Gasteiger partial charge in [0, 0.05) is 10.1 Å². The smallest absolute Gasteiger partial charge is 0.287 e. The second-order valence-corrected chi connectivity index (χ2v) is 9.05. The molecule has 1 aromatic carbocycles. The molecule has 6 nitrogen and oxygen atoms in total. The number of carbonyl (C=O) groups is 1. The Morgan fingerprint density at radius 1 is 1.29 bits per heavy atom. The molecule has 1 amide bonds. The van der Waals surface area contributed by atoms with Gasteiger partial charge in [0.1, 0.15) is 4.90 Å². The molecule has 1 aliphatic heterocycles. The highest BCUT2D eigenvalue weighted by Gasteiger charge is 2.28. The molecule has 2 aliphatic rings. The van der Waals surface area contributed by atoms with Crippen LogP contribution in [-0.4, -0.2) is 26.7 Å². The summed E-state index contributed by atoms with van der Waals surface area (Å²) < 4.78 is 28.9. The number of anilines is 1. The lowest BCUT2D eigenvalue weighted by atomic mass is 9.87. The summed E-state index contributed by atoms with van der Waals surface area (Å²) >= 11 is 2.04. The second-order valence-electron chi connectivity index (χ2n) is 6.23. The van der Waals surface area contributed by atoms with Gasteiger partial charge in [0.05, 0.1) is 5.69 Å². The minimum Gasteiger partial charge on any atom is -0.349 e. The molecule has 0 bridgehead atoms. The molecule has 3 rings (SSSR count). The molecule has 130 valence electrons. The first-order chi connectivity index (χ1) is 11.5. The Kier molecular flexibility index (Phi) is 5.43. The van der Waals surface area contributed by atoms with Crippen LogP contribution in [-0.2, 0) is 14.8 Å². The standard InChI is InChI=1S/C16H20IN3O3S/c17-12-6-7-13-14(10-12)24(22,23)20-15(19-13)16(21)18-9-8-11-4-2-1-3-5-11/h6-7,10-11H,1-5,8-9H2,(H,18,21)(H,19,20). The summed E-state index contributed by atoms with van der Waals surface area (Å²) in [5, 5.41) is 5.60. The maximum atomic E-state index is 12.3. The van der Waals surface area contributed by atoms with Crippen molar-refractivity contribution in [3.63, 3.8) is 0 Å². The number of rotatable bonds is 4. The van der Waals surface area contributed by atoms with Crippen LogP contribution in [0, 0.1) is 9.49 Å². The molecule has 24 heavy (non-hydrogen) atoms. The summed E-state index contributed by atoms with van der Waals surface area (Å²) in [6, 6.07) is 4.98. The molecule has 0 unspecified atom stereocenters. The summed E-state index contributed by atoms with van der Waals surface area (Å²) in [4.78, 5) is 12.3.